The molecular formula is C15H21Br2NO2. The molecule has 0 aromatic heterocycles. The summed E-state index contributed by atoms with van der Waals surface area (Å²) in [5, 5.41) is 3.32. The maximum absolute atomic E-state index is 5.92. The first-order valence-corrected chi connectivity index (χ1v) is 8.65. The minimum absolute atomic E-state index is 0.213. The van der Waals surface area contributed by atoms with Gasteiger partial charge in [-0.1, -0.05) is 6.92 Å². The lowest BCUT2D eigenvalue weighted by atomic mass is 10.2. The van der Waals surface area contributed by atoms with Crippen LogP contribution in [0.15, 0.2) is 21.1 Å². The molecule has 0 spiro atoms. The van der Waals surface area contributed by atoms with Crippen molar-refractivity contribution in [1.82, 2.24) is 5.32 Å². The van der Waals surface area contributed by atoms with Gasteiger partial charge in [0.1, 0.15) is 12.4 Å². The van der Waals surface area contributed by atoms with Gasteiger partial charge in [0.2, 0.25) is 0 Å². The van der Waals surface area contributed by atoms with E-state index in [-0.39, 0.29) is 6.10 Å². The molecule has 1 saturated heterocycles. The van der Waals surface area contributed by atoms with Gasteiger partial charge in [-0.05, 0) is 75.9 Å². The van der Waals surface area contributed by atoms with Crippen molar-refractivity contribution in [2.24, 2.45) is 0 Å². The second kappa shape index (κ2) is 7.78. The normalized spacial score (nSPS) is 22.2. The fourth-order valence-electron chi connectivity index (χ4n) is 2.31. The molecule has 3 nitrogen and oxygen atoms in total. The van der Waals surface area contributed by atoms with Gasteiger partial charge >= 0.3 is 0 Å². The minimum Gasteiger partial charge on any atom is -0.489 e. The highest BCUT2D eigenvalue weighted by Gasteiger charge is 2.23. The second-order valence-electron chi connectivity index (χ2n) is 5.13. The first-order valence-electron chi connectivity index (χ1n) is 7.07. The molecule has 0 aliphatic carbocycles. The van der Waals surface area contributed by atoms with E-state index in [2.05, 4.69) is 63.2 Å². The summed E-state index contributed by atoms with van der Waals surface area (Å²) in [5.74, 6) is 0.855. The fraction of sp³-hybridized carbons (Fsp3) is 0.600. The molecule has 0 radical (unpaired) electrons. The molecule has 0 amide bonds. The first kappa shape index (κ1) is 16.3. The van der Waals surface area contributed by atoms with Crippen LogP contribution in [0.25, 0.3) is 0 Å². The molecule has 20 heavy (non-hydrogen) atoms. The topological polar surface area (TPSA) is 30.5 Å². The van der Waals surface area contributed by atoms with Gasteiger partial charge < -0.3 is 14.8 Å². The summed E-state index contributed by atoms with van der Waals surface area (Å²) >= 11 is 7.18. The second-order valence-corrected chi connectivity index (χ2v) is 6.83. The Kier molecular flexibility index (Phi) is 6.33. The number of rotatable bonds is 6. The summed E-state index contributed by atoms with van der Waals surface area (Å²) in [6, 6.07) is 4.20. The van der Waals surface area contributed by atoms with Crippen LogP contribution in [-0.2, 0) is 11.3 Å². The van der Waals surface area contributed by atoms with E-state index >= 15 is 0 Å². The van der Waals surface area contributed by atoms with E-state index in [1.54, 1.807) is 0 Å². The van der Waals surface area contributed by atoms with Gasteiger partial charge in [0, 0.05) is 6.54 Å². The molecule has 1 aliphatic rings. The number of ether oxygens (including phenoxy) is 2. The Morgan fingerprint density at radius 2 is 2.00 bits per heavy atom. The summed E-state index contributed by atoms with van der Waals surface area (Å²) in [4.78, 5) is 0. The summed E-state index contributed by atoms with van der Waals surface area (Å²) < 4.78 is 13.6. The molecule has 2 rings (SSSR count). The van der Waals surface area contributed by atoms with Crippen LogP contribution in [0.5, 0.6) is 5.75 Å². The molecule has 5 heteroatoms. The van der Waals surface area contributed by atoms with Crippen molar-refractivity contribution in [2.45, 2.75) is 45.4 Å². The average Bonchev–Trinajstić information content (AvgIpc) is 2.81. The lowest BCUT2D eigenvalue weighted by Gasteiger charge is -2.16. The molecule has 2 unspecified atom stereocenters. The Labute approximate surface area is 137 Å². The summed E-state index contributed by atoms with van der Waals surface area (Å²) in [6.07, 6.45) is 2.77. The third-order valence-electron chi connectivity index (χ3n) is 3.37. The zero-order valence-electron chi connectivity index (χ0n) is 11.9. The molecule has 0 saturated carbocycles. The van der Waals surface area contributed by atoms with Gasteiger partial charge in [0.05, 0.1) is 21.2 Å². The van der Waals surface area contributed by atoms with Crippen molar-refractivity contribution in [3.63, 3.8) is 0 Å². The van der Waals surface area contributed by atoms with E-state index in [4.69, 9.17) is 9.47 Å². The van der Waals surface area contributed by atoms with Gasteiger partial charge in [-0.25, -0.2) is 0 Å². The van der Waals surface area contributed by atoms with E-state index in [1.165, 1.54) is 5.56 Å². The van der Waals surface area contributed by atoms with Crippen molar-refractivity contribution in [2.75, 3.05) is 13.2 Å². The number of hydrogen-bond acceptors (Lipinski definition) is 3. The third kappa shape index (κ3) is 4.45. The Balaban J connectivity index is 1.97. The van der Waals surface area contributed by atoms with Crippen LogP contribution in [0, 0.1) is 0 Å². The minimum atomic E-state index is 0.213. The highest BCUT2D eigenvalue weighted by Crippen LogP contribution is 2.35. The highest BCUT2D eigenvalue weighted by atomic mass is 79.9. The number of hydrogen-bond donors (Lipinski definition) is 1. The molecule has 1 aromatic rings. The lowest BCUT2D eigenvalue weighted by molar-refractivity contribution is 0.0261. The van der Waals surface area contributed by atoms with Crippen LogP contribution in [0.1, 0.15) is 32.3 Å². The lowest BCUT2D eigenvalue weighted by Crippen LogP contribution is -2.18. The Hall–Kier alpha value is -0.100. The Bertz CT molecular complexity index is 430. The zero-order valence-corrected chi connectivity index (χ0v) is 15.1. The van der Waals surface area contributed by atoms with Crippen LogP contribution in [0.2, 0.25) is 0 Å². The van der Waals surface area contributed by atoms with Crippen molar-refractivity contribution in [1.29, 1.82) is 0 Å². The Morgan fingerprint density at radius 1 is 1.30 bits per heavy atom. The molecule has 1 N–H and O–H groups in total. The van der Waals surface area contributed by atoms with Gasteiger partial charge in [0.25, 0.3) is 0 Å². The van der Waals surface area contributed by atoms with Gasteiger partial charge in [-0.2, -0.15) is 0 Å². The van der Waals surface area contributed by atoms with Gasteiger partial charge in [0.15, 0.2) is 0 Å². The summed E-state index contributed by atoms with van der Waals surface area (Å²) in [7, 11) is 0. The van der Waals surface area contributed by atoms with Gasteiger partial charge in [-0.15, -0.1) is 0 Å². The Morgan fingerprint density at radius 3 is 2.55 bits per heavy atom. The third-order valence-corrected chi connectivity index (χ3v) is 4.55. The molecule has 0 bridgehead atoms. The van der Waals surface area contributed by atoms with E-state index in [1.807, 2.05) is 0 Å². The molecule has 1 fully saturated rings. The molecule has 112 valence electrons. The predicted octanol–water partition coefficient (Wildman–Crippen LogP) is 4.27. The first-order chi connectivity index (χ1) is 9.60. The highest BCUT2D eigenvalue weighted by molar-refractivity contribution is 9.11. The van der Waals surface area contributed by atoms with Crippen molar-refractivity contribution >= 4 is 31.9 Å². The van der Waals surface area contributed by atoms with Crippen LogP contribution < -0.4 is 10.1 Å². The molecule has 1 aliphatic heterocycles. The van der Waals surface area contributed by atoms with Crippen LogP contribution in [0.4, 0.5) is 0 Å². The van der Waals surface area contributed by atoms with Gasteiger partial charge in [-0.3, -0.25) is 0 Å². The fourth-order valence-corrected chi connectivity index (χ4v) is 3.82. The van der Waals surface area contributed by atoms with E-state index in [0.717, 1.165) is 40.6 Å². The van der Waals surface area contributed by atoms with Crippen molar-refractivity contribution in [3.8, 4) is 5.75 Å². The van der Waals surface area contributed by atoms with Crippen LogP contribution in [-0.4, -0.2) is 25.4 Å². The quantitative estimate of drug-likeness (QED) is 0.765. The van der Waals surface area contributed by atoms with Crippen LogP contribution >= 0.6 is 31.9 Å². The smallest absolute Gasteiger partial charge is 0.147 e. The van der Waals surface area contributed by atoms with E-state index in [9.17, 15) is 0 Å². The average molecular weight is 407 g/mol. The molecule has 1 aromatic carbocycles. The SMILES string of the molecule is CCNCc1cc(Br)c(OCC2CCC(C)O2)c(Br)c1. The largest absolute Gasteiger partial charge is 0.489 e. The molecular weight excluding hydrogens is 386 g/mol. The number of halogens is 2. The summed E-state index contributed by atoms with van der Waals surface area (Å²) in [5.41, 5.74) is 1.23. The van der Waals surface area contributed by atoms with Crippen LogP contribution in [0.3, 0.4) is 0 Å². The predicted molar refractivity (Wildman–Crippen MR) is 88.3 cm³/mol. The maximum atomic E-state index is 5.92. The monoisotopic (exact) mass is 405 g/mol. The van der Waals surface area contributed by atoms with E-state index in [0.29, 0.717) is 12.7 Å². The maximum Gasteiger partial charge on any atom is 0.147 e. The van der Waals surface area contributed by atoms with Crippen molar-refractivity contribution < 1.29 is 9.47 Å². The molecule has 2 atom stereocenters. The zero-order chi connectivity index (χ0) is 14.5. The summed E-state index contributed by atoms with van der Waals surface area (Å²) in [6.45, 7) is 6.64. The number of benzene rings is 1. The standard InChI is InChI=1S/C15H21Br2NO2/c1-3-18-8-11-6-13(16)15(14(17)7-11)19-9-12-5-4-10(2)20-12/h6-7,10,12,18H,3-5,8-9H2,1-2H3. The molecule has 1 heterocycles. The number of nitrogens with one attached hydrogen (secondary N) is 1. The van der Waals surface area contributed by atoms with Crippen molar-refractivity contribution in [3.05, 3.63) is 26.6 Å². The van der Waals surface area contributed by atoms with E-state index < -0.39 is 0 Å².